The molecule has 4 aromatic rings. The summed E-state index contributed by atoms with van der Waals surface area (Å²) in [5, 5.41) is 3.47. The van der Waals surface area contributed by atoms with Crippen LogP contribution in [-0.4, -0.2) is 28.1 Å². The Bertz CT molecular complexity index is 1150. The number of esters is 1. The highest BCUT2D eigenvalue weighted by Gasteiger charge is 2.22. The second-order valence-corrected chi connectivity index (χ2v) is 10.1. The Kier molecular flexibility index (Phi) is 9.06. The normalized spacial score (nSPS) is 10.7. The molecule has 4 rings (SSSR count). The van der Waals surface area contributed by atoms with E-state index in [-0.39, 0.29) is 11.9 Å². The third-order valence-electron chi connectivity index (χ3n) is 4.60. The fraction of sp³-hybridized carbons (Fsp3) is 0.115. The number of benzene rings is 3. The van der Waals surface area contributed by atoms with Gasteiger partial charge in [0.15, 0.2) is 0 Å². The Morgan fingerprint density at radius 3 is 1.91 bits per heavy atom. The highest BCUT2D eigenvalue weighted by Crippen LogP contribution is 2.31. The average molecular weight is 476 g/mol. The lowest BCUT2D eigenvalue weighted by atomic mass is 10.3. The molecule has 0 saturated heterocycles. The average Bonchev–Trinajstić information content (AvgIpc) is 3.31. The molecule has 0 amide bonds. The lowest BCUT2D eigenvalue weighted by Gasteiger charge is -2.18. The fourth-order valence-electron chi connectivity index (χ4n) is 3.16. The molecule has 1 atom stereocenters. The van der Waals surface area contributed by atoms with Gasteiger partial charge in [-0.2, -0.15) is 0 Å². The Morgan fingerprint density at radius 2 is 1.39 bits per heavy atom. The lowest BCUT2D eigenvalue weighted by Crippen LogP contribution is -2.29. The van der Waals surface area contributed by atoms with Gasteiger partial charge in [0.25, 0.3) is 0 Å². The van der Waals surface area contributed by atoms with E-state index in [1.165, 1.54) is 17.5 Å². The zero-order valence-electron chi connectivity index (χ0n) is 18.8. The van der Waals surface area contributed by atoms with E-state index in [4.69, 9.17) is 4.74 Å². The molecule has 3 aromatic carbocycles. The van der Waals surface area contributed by atoms with Gasteiger partial charge >= 0.3 is 5.97 Å². The molecule has 0 aliphatic carbocycles. The molecule has 33 heavy (non-hydrogen) atoms. The summed E-state index contributed by atoms with van der Waals surface area (Å²) in [4.78, 5) is 27.0. The van der Waals surface area contributed by atoms with Crippen molar-refractivity contribution in [3.8, 4) is 5.75 Å². The van der Waals surface area contributed by atoms with Crippen LogP contribution in [0.5, 0.6) is 5.75 Å². The largest absolute Gasteiger partial charge is 0.426 e. The number of aromatic nitrogens is 2. The van der Waals surface area contributed by atoms with Gasteiger partial charge in [-0.3, -0.25) is 14.2 Å². The molecule has 168 valence electrons. The first-order chi connectivity index (χ1) is 16.0. The standard InChI is InChI=1S/C17H15N2OP.C9H11O2P/c1-14(20)19-13-12-18-17(19)21(15-8-4-2-5-9-15)16-10-6-3-7-11-16;1-7(10)11-8-5-3-4-6-9(8)12-2/h2-13H,1H3;3-6,12H,1-2H3. The van der Waals surface area contributed by atoms with E-state index in [1.807, 2.05) is 60.7 Å². The highest BCUT2D eigenvalue weighted by molar-refractivity contribution is 7.79. The lowest BCUT2D eigenvalue weighted by molar-refractivity contribution is -0.131. The van der Waals surface area contributed by atoms with E-state index in [0.717, 1.165) is 10.9 Å². The van der Waals surface area contributed by atoms with Crippen LogP contribution in [0.4, 0.5) is 0 Å². The van der Waals surface area contributed by atoms with Crippen molar-refractivity contribution in [2.75, 3.05) is 6.66 Å². The van der Waals surface area contributed by atoms with Crippen LogP contribution < -0.4 is 26.2 Å². The zero-order chi connectivity index (χ0) is 23.6. The summed E-state index contributed by atoms with van der Waals surface area (Å²) in [6.45, 7) is 5.03. The number of carbonyl (C=O) groups excluding carboxylic acids is 2. The van der Waals surface area contributed by atoms with E-state index in [9.17, 15) is 9.59 Å². The molecule has 0 N–H and O–H groups in total. The molecule has 0 fully saturated rings. The minimum absolute atomic E-state index is 0.0122. The van der Waals surface area contributed by atoms with E-state index < -0.39 is 7.92 Å². The Hall–Kier alpha value is -3.13. The molecule has 0 bridgehead atoms. The first-order valence-electron chi connectivity index (χ1n) is 10.4. The van der Waals surface area contributed by atoms with Crippen LogP contribution >= 0.6 is 16.5 Å². The summed E-state index contributed by atoms with van der Waals surface area (Å²) < 4.78 is 6.65. The maximum Gasteiger partial charge on any atom is 0.308 e. The molecule has 7 heteroatoms. The number of hydrogen-bond acceptors (Lipinski definition) is 4. The summed E-state index contributed by atoms with van der Waals surface area (Å²) >= 11 is 0. The van der Waals surface area contributed by atoms with E-state index >= 15 is 0 Å². The predicted octanol–water partition coefficient (Wildman–Crippen LogP) is 3.85. The van der Waals surface area contributed by atoms with Gasteiger partial charge in [0, 0.05) is 39.5 Å². The molecule has 0 aliphatic rings. The summed E-state index contributed by atoms with van der Waals surface area (Å²) in [6, 6.07) is 28.1. The van der Waals surface area contributed by atoms with Gasteiger partial charge in [0.2, 0.25) is 5.91 Å². The van der Waals surface area contributed by atoms with E-state index in [1.54, 1.807) is 23.9 Å². The van der Waals surface area contributed by atoms with Crippen LogP contribution in [0.15, 0.2) is 97.3 Å². The first kappa shape index (κ1) is 24.5. The number of nitrogens with zero attached hydrogens (tertiary/aromatic N) is 2. The third-order valence-corrected chi connectivity index (χ3v) is 7.91. The van der Waals surface area contributed by atoms with Gasteiger partial charge in [-0.1, -0.05) is 87.4 Å². The maximum atomic E-state index is 11.8. The molecular formula is C26H26N2O3P2. The maximum absolute atomic E-state index is 11.8. The summed E-state index contributed by atoms with van der Waals surface area (Å²) in [5.74, 6) is 0.411. The molecule has 0 saturated carbocycles. The molecule has 1 heterocycles. The number of carbonyl (C=O) groups is 2. The summed E-state index contributed by atoms with van der Waals surface area (Å²) in [5.41, 5.74) is 0.815. The van der Waals surface area contributed by atoms with Gasteiger partial charge < -0.3 is 4.74 Å². The van der Waals surface area contributed by atoms with Crippen LogP contribution in [0, 0.1) is 0 Å². The van der Waals surface area contributed by atoms with Crippen molar-refractivity contribution in [1.82, 2.24) is 9.55 Å². The van der Waals surface area contributed by atoms with Crippen molar-refractivity contribution in [3.63, 3.8) is 0 Å². The van der Waals surface area contributed by atoms with Crippen molar-refractivity contribution in [1.29, 1.82) is 0 Å². The molecule has 0 radical (unpaired) electrons. The van der Waals surface area contributed by atoms with Crippen LogP contribution in [0.2, 0.25) is 0 Å². The second-order valence-electron chi connectivity index (χ2n) is 6.96. The second kappa shape index (κ2) is 12.2. The molecule has 1 unspecified atom stereocenters. The quantitative estimate of drug-likeness (QED) is 0.250. The van der Waals surface area contributed by atoms with Crippen molar-refractivity contribution in [3.05, 3.63) is 97.3 Å². The number of rotatable bonds is 5. The summed E-state index contributed by atoms with van der Waals surface area (Å²) in [7, 11) is -0.180. The van der Waals surface area contributed by atoms with Gasteiger partial charge in [-0.05, 0) is 23.3 Å². The molecule has 0 spiro atoms. The van der Waals surface area contributed by atoms with Crippen molar-refractivity contribution in [2.45, 2.75) is 13.8 Å². The topological polar surface area (TPSA) is 61.2 Å². The Morgan fingerprint density at radius 1 is 0.848 bits per heavy atom. The zero-order valence-corrected chi connectivity index (χ0v) is 20.7. The highest BCUT2D eigenvalue weighted by atomic mass is 31.1. The SMILES string of the molecule is CC(=O)n1ccnc1P(c1ccccc1)c1ccccc1.CPc1ccccc1OC(C)=O. The van der Waals surface area contributed by atoms with Gasteiger partial charge in [-0.25, -0.2) is 4.98 Å². The van der Waals surface area contributed by atoms with Crippen molar-refractivity contribution in [2.24, 2.45) is 0 Å². The van der Waals surface area contributed by atoms with E-state index in [0.29, 0.717) is 14.3 Å². The Balaban J connectivity index is 0.000000218. The molecule has 0 aliphatic heterocycles. The van der Waals surface area contributed by atoms with Crippen LogP contribution in [0.1, 0.15) is 18.6 Å². The molecule has 1 aromatic heterocycles. The monoisotopic (exact) mass is 476 g/mol. The summed E-state index contributed by atoms with van der Waals surface area (Å²) in [6.07, 6.45) is 3.43. The number of para-hydroxylation sites is 1. The number of ether oxygens (including phenoxy) is 1. The number of hydrogen-bond donors (Lipinski definition) is 0. The van der Waals surface area contributed by atoms with E-state index in [2.05, 4.69) is 35.9 Å². The molecular weight excluding hydrogens is 450 g/mol. The van der Waals surface area contributed by atoms with Crippen molar-refractivity contribution < 1.29 is 14.3 Å². The van der Waals surface area contributed by atoms with Gasteiger partial charge in [-0.15, -0.1) is 0 Å². The minimum atomic E-state index is -0.831. The third kappa shape index (κ3) is 6.68. The van der Waals surface area contributed by atoms with Crippen LogP contribution in [0.25, 0.3) is 0 Å². The van der Waals surface area contributed by atoms with Gasteiger partial charge in [0.1, 0.15) is 11.3 Å². The van der Waals surface area contributed by atoms with Gasteiger partial charge in [0.05, 0.1) is 0 Å². The van der Waals surface area contributed by atoms with Crippen LogP contribution in [0.3, 0.4) is 0 Å². The predicted molar refractivity (Wildman–Crippen MR) is 139 cm³/mol. The minimum Gasteiger partial charge on any atom is -0.426 e. The van der Waals surface area contributed by atoms with Crippen molar-refractivity contribution >= 4 is 49.9 Å². The smallest absolute Gasteiger partial charge is 0.308 e. The fourth-order valence-corrected chi connectivity index (χ4v) is 6.11. The number of imidazole rings is 1. The Labute approximate surface area is 197 Å². The molecule has 5 nitrogen and oxygen atoms in total. The first-order valence-corrected chi connectivity index (χ1v) is 13.2. The van der Waals surface area contributed by atoms with Crippen LogP contribution in [-0.2, 0) is 4.79 Å².